The van der Waals surface area contributed by atoms with Gasteiger partial charge in [0.2, 0.25) is 0 Å². The summed E-state index contributed by atoms with van der Waals surface area (Å²) >= 11 is 0. The van der Waals surface area contributed by atoms with Gasteiger partial charge in [-0.1, -0.05) is 11.2 Å². The van der Waals surface area contributed by atoms with Crippen molar-refractivity contribution in [2.24, 2.45) is 0 Å². The second-order valence-corrected chi connectivity index (χ2v) is 3.35. The summed E-state index contributed by atoms with van der Waals surface area (Å²) in [6.45, 7) is 1.57. The Bertz CT molecular complexity index is 567. The third-order valence-electron chi connectivity index (χ3n) is 2.17. The zero-order chi connectivity index (χ0) is 12.4. The minimum Gasteiger partial charge on any atom is -0.395 e. The quantitative estimate of drug-likeness (QED) is 0.767. The molecule has 7 heteroatoms. The molecular weight excluding hydrogens is 227 g/mol. The van der Waals surface area contributed by atoms with Crippen LogP contribution in [-0.4, -0.2) is 16.2 Å². The Hall–Kier alpha value is -2.44. The molecule has 2 aromatic rings. The number of nitrogen functional groups attached to an aromatic ring is 1. The highest BCUT2D eigenvalue weighted by Gasteiger charge is 2.16. The highest BCUT2D eigenvalue weighted by atomic mass is 19.1. The molecule has 0 aliphatic heterocycles. The maximum atomic E-state index is 13.1. The Labute approximate surface area is 95.6 Å². The highest BCUT2D eigenvalue weighted by Crippen LogP contribution is 2.21. The number of amides is 1. The number of carbonyl (C=O) groups excluding carboxylic acids is 1. The normalized spacial score (nSPS) is 10.2. The lowest BCUT2D eigenvalue weighted by atomic mass is 10.2. The third-order valence-corrected chi connectivity index (χ3v) is 2.17. The molecule has 3 N–H and O–H groups in total. The highest BCUT2D eigenvalue weighted by molar-refractivity contribution is 6.04. The molecule has 0 saturated carbocycles. The molecule has 0 fully saturated rings. The summed E-state index contributed by atoms with van der Waals surface area (Å²) < 4.78 is 17.5. The van der Waals surface area contributed by atoms with E-state index in [0.29, 0.717) is 5.69 Å². The number of para-hydroxylation sites is 1. The standard InChI is InChI=1S/C10H9FN4O2/c1-5-9(15-17-14-5)10(16)13-7-4-2-3-6(11)8(7)12/h2-4H,12H2,1H3,(H,13,16). The molecule has 88 valence electrons. The topological polar surface area (TPSA) is 94.0 Å². The van der Waals surface area contributed by atoms with Gasteiger partial charge in [0.15, 0.2) is 5.69 Å². The molecule has 0 aliphatic carbocycles. The molecule has 17 heavy (non-hydrogen) atoms. The maximum absolute atomic E-state index is 13.1. The number of nitrogens with one attached hydrogen (secondary N) is 1. The van der Waals surface area contributed by atoms with Crippen LogP contribution in [0.2, 0.25) is 0 Å². The molecule has 0 aliphatic rings. The molecule has 1 amide bonds. The van der Waals surface area contributed by atoms with E-state index in [4.69, 9.17) is 5.73 Å². The molecule has 1 heterocycles. The first kappa shape index (κ1) is 11.1. The van der Waals surface area contributed by atoms with Crippen LogP contribution in [0, 0.1) is 12.7 Å². The monoisotopic (exact) mass is 236 g/mol. The lowest BCUT2D eigenvalue weighted by molar-refractivity contribution is 0.101. The second-order valence-electron chi connectivity index (χ2n) is 3.35. The van der Waals surface area contributed by atoms with Gasteiger partial charge in [-0.3, -0.25) is 4.79 Å². The summed E-state index contributed by atoms with van der Waals surface area (Å²) in [6.07, 6.45) is 0. The summed E-state index contributed by atoms with van der Waals surface area (Å²) in [5, 5.41) is 9.33. The summed E-state index contributed by atoms with van der Waals surface area (Å²) in [5.41, 5.74) is 5.90. The zero-order valence-electron chi connectivity index (χ0n) is 8.90. The van der Waals surface area contributed by atoms with Gasteiger partial charge in [0.25, 0.3) is 5.91 Å². The average Bonchev–Trinajstić information content (AvgIpc) is 2.71. The van der Waals surface area contributed by atoms with Crippen molar-refractivity contribution in [2.45, 2.75) is 6.92 Å². The minimum atomic E-state index is -0.599. The number of hydrogen-bond acceptors (Lipinski definition) is 5. The molecular formula is C10H9FN4O2. The van der Waals surface area contributed by atoms with Gasteiger partial charge >= 0.3 is 0 Å². The van der Waals surface area contributed by atoms with Gasteiger partial charge in [-0.15, -0.1) is 0 Å². The van der Waals surface area contributed by atoms with E-state index in [1.807, 2.05) is 0 Å². The van der Waals surface area contributed by atoms with Crippen LogP contribution in [0.1, 0.15) is 16.2 Å². The molecule has 1 aromatic carbocycles. The molecule has 0 unspecified atom stereocenters. The molecule has 0 atom stereocenters. The SMILES string of the molecule is Cc1nonc1C(=O)Nc1cccc(F)c1N. The van der Waals surface area contributed by atoms with E-state index in [0.717, 1.165) is 0 Å². The number of benzene rings is 1. The Kier molecular flexibility index (Phi) is 2.73. The summed E-state index contributed by atoms with van der Waals surface area (Å²) in [5.74, 6) is -1.15. The van der Waals surface area contributed by atoms with Gasteiger partial charge in [0.05, 0.1) is 11.4 Å². The van der Waals surface area contributed by atoms with Gasteiger partial charge in [-0.05, 0) is 24.2 Å². The molecule has 6 nitrogen and oxygen atoms in total. The number of aryl methyl sites for hydroxylation is 1. The van der Waals surface area contributed by atoms with Crippen LogP contribution in [0.25, 0.3) is 0 Å². The van der Waals surface area contributed by atoms with Crippen molar-refractivity contribution in [1.82, 2.24) is 10.3 Å². The summed E-state index contributed by atoms with van der Waals surface area (Å²) in [7, 11) is 0. The Morgan fingerprint density at radius 1 is 1.47 bits per heavy atom. The van der Waals surface area contributed by atoms with Gasteiger partial charge < -0.3 is 11.1 Å². The van der Waals surface area contributed by atoms with E-state index >= 15 is 0 Å². The van der Waals surface area contributed by atoms with Crippen LogP contribution < -0.4 is 11.1 Å². The fourth-order valence-electron chi connectivity index (χ4n) is 1.27. The van der Waals surface area contributed by atoms with Crippen LogP contribution in [-0.2, 0) is 0 Å². The van der Waals surface area contributed by atoms with Crippen molar-refractivity contribution in [1.29, 1.82) is 0 Å². The van der Waals surface area contributed by atoms with Crippen LogP contribution in [0.3, 0.4) is 0 Å². The van der Waals surface area contributed by atoms with Crippen LogP contribution >= 0.6 is 0 Å². The van der Waals surface area contributed by atoms with Crippen LogP contribution in [0.15, 0.2) is 22.8 Å². The fraction of sp³-hybridized carbons (Fsp3) is 0.100. The van der Waals surface area contributed by atoms with Gasteiger partial charge in [-0.2, -0.15) is 0 Å². The maximum Gasteiger partial charge on any atom is 0.279 e. The molecule has 0 spiro atoms. The van der Waals surface area contributed by atoms with Crippen molar-refractivity contribution in [3.05, 3.63) is 35.4 Å². The van der Waals surface area contributed by atoms with E-state index in [2.05, 4.69) is 20.3 Å². The van der Waals surface area contributed by atoms with E-state index in [-0.39, 0.29) is 17.1 Å². The van der Waals surface area contributed by atoms with E-state index < -0.39 is 11.7 Å². The number of nitrogens with zero attached hydrogens (tertiary/aromatic N) is 2. The van der Waals surface area contributed by atoms with Crippen molar-refractivity contribution < 1.29 is 13.8 Å². The zero-order valence-corrected chi connectivity index (χ0v) is 8.90. The fourth-order valence-corrected chi connectivity index (χ4v) is 1.27. The lowest BCUT2D eigenvalue weighted by Gasteiger charge is -2.06. The first-order valence-corrected chi connectivity index (χ1v) is 4.74. The molecule has 0 saturated heterocycles. The number of aromatic nitrogens is 2. The minimum absolute atomic E-state index is 0.0358. The molecule has 0 bridgehead atoms. The van der Waals surface area contributed by atoms with Crippen LogP contribution in [0.5, 0.6) is 0 Å². The van der Waals surface area contributed by atoms with Crippen molar-refractivity contribution in [2.75, 3.05) is 11.1 Å². The van der Waals surface area contributed by atoms with Crippen molar-refractivity contribution in [3.8, 4) is 0 Å². The molecule has 0 radical (unpaired) electrons. The Morgan fingerprint density at radius 2 is 2.24 bits per heavy atom. The Morgan fingerprint density at radius 3 is 2.88 bits per heavy atom. The predicted octanol–water partition coefficient (Wildman–Crippen LogP) is 1.35. The number of carbonyl (C=O) groups is 1. The van der Waals surface area contributed by atoms with E-state index in [9.17, 15) is 9.18 Å². The number of hydrogen-bond donors (Lipinski definition) is 2. The predicted molar refractivity (Wildman–Crippen MR) is 57.8 cm³/mol. The summed E-state index contributed by atoms with van der Waals surface area (Å²) in [4.78, 5) is 11.7. The Balaban J connectivity index is 2.25. The number of halogens is 1. The number of nitrogens with two attached hydrogens (primary N) is 1. The third kappa shape index (κ3) is 2.07. The second kappa shape index (κ2) is 4.20. The average molecular weight is 236 g/mol. The van der Waals surface area contributed by atoms with Gasteiger partial charge in [-0.25, -0.2) is 9.02 Å². The van der Waals surface area contributed by atoms with Gasteiger partial charge in [0, 0.05) is 0 Å². The van der Waals surface area contributed by atoms with Gasteiger partial charge in [0.1, 0.15) is 11.5 Å². The van der Waals surface area contributed by atoms with E-state index in [1.54, 1.807) is 6.92 Å². The first-order valence-electron chi connectivity index (χ1n) is 4.74. The lowest BCUT2D eigenvalue weighted by Crippen LogP contribution is -2.15. The van der Waals surface area contributed by atoms with E-state index in [1.165, 1.54) is 18.2 Å². The number of rotatable bonds is 2. The summed E-state index contributed by atoms with van der Waals surface area (Å²) in [6, 6.07) is 4.13. The van der Waals surface area contributed by atoms with Crippen molar-refractivity contribution in [3.63, 3.8) is 0 Å². The first-order chi connectivity index (χ1) is 8.09. The number of anilines is 2. The van der Waals surface area contributed by atoms with Crippen molar-refractivity contribution >= 4 is 17.3 Å². The molecule has 2 rings (SSSR count). The van der Waals surface area contributed by atoms with Crippen LogP contribution in [0.4, 0.5) is 15.8 Å². The smallest absolute Gasteiger partial charge is 0.279 e. The largest absolute Gasteiger partial charge is 0.395 e. The molecule has 1 aromatic heterocycles.